The fraction of sp³-hybridized carbons (Fsp3) is 0.333. The van der Waals surface area contributed by atoms with Gasteiger partial charge in [0.15, 0.2) is 5.69 Å². The smallest absolute Gasteiger partial charge is 0.294 e. The molecule has 0 radical (unpaired) electrons. The van der Waals surface area contributed by atoms with Gasteiger partial charge < -0.3 is 10.6 Å². The molecular formula is C15H18ClN5O3. The average Bonchev–Trinajstić information content (AvgIpc) is 3.23. The molecule has 1 saturated heterocycles. The molecule has 1 fully saturated rings. The standard InChI is InChI=1S/C15H17N5O3.ClH/c16-10-11-4-3-8-18(11)15(21)12-7-9-19(17-12)13-5-1-2-6-14(13)20(22)23;/h1-2,5-7,9,11H,3-4,8,10,16H2;1H. The molecule has 1 aromatic carbocycles. The summed E-state index contributed by atoms with van der Waals surface area (Å²) < 4.78 is 1.36. The fourth-order valence-electron chi connectivity index (χ4n) is 2.88. The molecule has 0 spiro atoms. The second-order valence-electron chi connectivity index (χ2n) is 5.42. The molecular weight excluding hydrogens is 334 g/mol. The van der Waals surface area contributed by atoms with Gasteiger partial charge in [-0.1, -0.05) is 12.1 Å². The molecule has 2 heterocycles. The molecule has 1 amide bonds. The van der Waals surface area contributed by atoms with Gasteiger partial charge in [-0.05, 0) is 25.0 Å². The summed E-state index contributed by atoms with van der Waals surface area (Å²) in [7, 11) is 0. The van der Waals surface area contributed by atoms with Crippen molar-refractivity contribution in [1.29, 1.82) is 0 Å². The first kappa shape index (κ1) is 17.9. The van der Waals surface area contributed by atoms with Gasteiger partial charge >= 0.3 is 0 Å². The molecule has 1 aromatic heterocycles. The Morgan fingerprint density at radius 3 is 2.83 bits per heavy atom. The van der Waals surface area contributed by atoms with Crippen molar-refractivity contribution in [3.05, 3.63) is 52.3 Å². The Bertz CT molecular complexity index is 748. The summed E-state index contributed by atoms with van der Waals surface area (Å²) in [5.74, 6) is -0.185. The van der Waals surface area contributed by atoms with E-state index in [0.717, 1.165) is 12.8 Å². The van der Waals surface area contributed by atoms with E-state index in [2.05, 4.69) is 5.10 Å². The lowest BCUT2D eigenvalue weighted by molar-refractivity contribution is -0.384. The van der Waals surface area contributed by atoms with Crippen LogP contribution < -0.4 is 5.73 Å². The minimum atomic E-state index is -0.469. The van der Waals surface area contributed by atoms with Crippen molar-refractivity contribution in [1.82, 2.24) is 14.7 Å². The van der Waals surface area contributed by atoms with Gasteiger partial charge in [0.1, 0.15) is 5.69 Å². The van der Waals surface area contributed by atoms with Crippen molar-refractivity contribution < 1.29 is 9.72 Å². The lowest BCUT2D eigenvalue weighted by Gasteiger charge is -2.22. The van der Waals surface area contributed by atoms with E-state index in [1.807, 2.05) is 0 Å². The molecule has 0 saturated carbocycles. The van der Waals surface area contributed by atoms with Crippen LogP contribution in [0.15, 0.2) is 36.5 Å². The molecule has 24 heavy (non-hydrogen) atoms. The van der Waals surface area contributed by atoms with Gasteiger partial charge in [-0.2, -0.15) is 5.10 Å². The summed E-state index contributed by atoms with van der Waals surface area (Å²) in [5.41, 5.74) is 6.23. The van der Waals surface area contributed by atoms with Crippen molar-refractivity contribution >= 4 is 24.0 Å². The van der Waals surface area contributed by atoms with Crippen LogP contribution in [-0.4, -0.2) is 44.6 Å². The number of hydrogen-bond donors (Lipinski definition) is 1. The molecule has 128 valence electrons. The normalized spacial score (nSPS) is 16.7. The second-order valence-corrected chi connectivity index (χ2v) is 5.42. The summed E-state index contributed by atoms with van der Waals surface area (Å²) in [6, 6.07) is 7.90. The summed E-state index contributed by atoms with van der Waals surface area (Å²) in [4.78, 5) is 24.9. The van der Waals surface area contributed by atoms with Crippen molar-refractivity contribution in [3.63, 3.8) is 0 Å². The van der Waals surface area contributed by atoms with Crippen molar-refractivity contribution in [2.75, 3.05) is 13.1 Å². The van der Waals surface area contributed by atoms with Crippen LogP contribution in [0.3, 0.4) is 0 Å². The third kappa shape index (κ3) is 3.24. The highest BCUT2D eigenvalue weighted by Crippen LogP contribution is 2.23. The van der Waals surface area contributed by atoms with E-state index in [0.29, 0.717) is 18.8 Å². The molecule has 1 aliphatic heterocycles. The minimum absolute atomic E-state index is 0. The predicted octanol–water partition coefficient (Wildman–Crippen LogP) is 1.77. The second kappa shape index (κ2) is 7.41. The van der Waals surface area contributed by atoms with E-state index in [1.165, 1.54) is 10.7 Å². The number of nitro groups is 1. The summed E-state index contributed by atoms with van der Waals surface area (Å²) >= 11 is 0. The van der Waals surface area contributed by atoms with Crippen molar-refractivity contribution in [2.24, 2.45) is 5.73 Å². The highest BCUT2D eigenvalue weighted by Gasteiger charge is 2.29. The van der Waals surface area contributed by atoms with E-state index < -0.39 is 4.92 Å². The highest BCUT2D eigenvalue weighted by atomic mass is 35.5. The van der Waals surface area contributed by atoms with Gasteiger partial charge in [-0.3, -0.25) is 14.9 Å². The first-order valence-electron chi connectivity index (χ1n) is 7.42. The summed E-state index contributed by atoms with van der Waals surface area (Å²) in [6.45, 7) is 1.09. The average molecular weight is 352 g/mol. The maximum Gasteiger partial charge on any atom is 0.294 e. The molecule has 9 heteroatoms. The van der Waals surface area contributed by atoms with Gasteiger partial charge in [-0.25, -0.2) is 4.68 Å². The Kier molecular flexibility index (Phi) is 5.53. The van der Waals surface area contributed by atoms with Crippen LogP contribution in [0, 0.1) is 10.1 Å². The molecule has 1 atom stereocenters. The maximum absolute atomic E-state index is 12.5. The number of aromatic nitrogens is 2. The fourth-order valence-corrected chi connectivity index (χ4v) is 2.88. The van der Waals surface area contributed by atoms with Gasteiger partial charge in [0.25, 0.3) is 11.6 Å². The number of nitrogens with zero attached hydrogens (tertiary/aromatic N) is 4. The van der Waals surface area contributed by atoms with E-state index >= 15 is 0 Å². The van der Waals surface area contributed by atoms with Crippen LogP contribution in [0.25, 0.3) is 5.69 Å². The maximum atomic E-state index is 12.5. The minimum Gasteiger partial charge on any atom is -0.333 e. The first-order valence-corrected chi connectivity index (χ1v) is 7.42. The van der Waals surface area contributed by atoms with Crippen LogP contribution in [-0.2, 0) is 0 Å². The number of rotatable bonds is 4. The number of benzene rings is 1. The van der Waals surface area contributed by atoms with Gasteiger partial charge in [0.2, 0.25) is 0 Å². The summed E-state index contributed by atoms with van der Waals surface area (Å²) in [5, 5.41) is 15.3. The largest absolute Gasteiger partial charge is 0.333 e. The molecule has 2 aromatic rings. The van der Waals surface area contributed by atoms with E-state index in [-0.39, 0.29) is 35.7 Å². The molecule has 2 N–H and O–H groups in total. The van der Waals surface area contributed by atoms with E-state index in [9.17, 15) is 14.9 Å². The third-order valence-electron chi connectivity index (χ3n) is 4.04. The summed E-state index contributed by atoms with van der Waals surface area (Å²) in [6.07, 6.45) is 3.38. The van der Waals surface area contributed by atoms with Gasteiger partial charge in [0, 0.05) is 31.4 Å². The monoisotopic (exact) mass is 351 g/mol. The zero-order chi connectivity index (χ0) is 16.4. The number of likely N-dealkylation sites (tertiary alicyclic amines) is 1. The molecule has 8 nitrogen and oxygen atoms in total. The van der Waals surface area contributed by atoms with Crippen molar-refractivity contribution in [3.8, 4) is 5.69 Å². The number of carbonyl (C=O) groups excluding carboxylic acids is 1. The molecule has 0 aliphatic carbocycles. The zero-order valence-electron chi connectivity index (χ0n) is 12.9. The lowest BCUT2D eigenvalue weighted by Crippen LogP contribution is -2.40. The Labute approximate surface area is 144 Å². The molecule has 3 rings (SSSR count). The highest BCUT2D eigenvalue weighted by molar-refractivity contribution is 5.92. The number of para-hydroxylation sites is 2. The number of carbonyl (C=O) groups is 1. The Hall–Kier alpha value is -2.45. The van der Waals surface area contributed by atoms with Gasteiger partial charge in [-0.15, -0.1) is 12.4 Å². The molecule has 1 aliphatic rings. The molecule has 1 unspecified atom stereocenters. The Morgan fingerprint density at radius 2 is 2.12 bits per heavy atom. The number of halogens is 1. The van der Waals surface area contributed by atoms with E-state index in [1.54, 1.807) is 35.4 Å². The quantitative estimate of drug-likeness (QED) is 0.667. The van der Waals surface area contributed by atoms with Crippen LogP contribution >= 0.6 is 12.4 Å². The Morgan fingerprint density at radius 1 is 1.38 bits per heavy atom. The third-order valence-corrected chi connectivity index (χ3v) is 4.04. The number of hydrogen-bond acceptors (Lipinski definition) is 5. The zero-order valence-corrected chi connectivity index (χ0v) is 13.7. The van der Waals surface area contributed by atoms with Crippen molar-refractivity contribution in [2.45, 2.75) is 18.9 Å². The SMILES string of the molecule is Cl.NCC1CCCN1C(=O)c1ccn(-c2ccccc2[N+](=O)[O-])n1. The van der Waals surface area contributed by atoms with E-state index in [4.69, 9.17) is 5.73 Å². The molecule has 0 bridgehead atoms. The number of nitro benzene ring substituents is 1. The van der Waals surface area contributed by atoms with Crippen LogP contribution in [0.4, 0.5) is 5.69 Å². The van der Waals surface area contributed by atoms with Gasteiger partial charge in [0.05, 0.1) is 4.92 Å². The Balaban J connectivity index is 0.00000208. The van der Waals surface area contributed by atoms with Crippen LogP contribution in [0.1, 0.15) is 23.3 Å². The lowest BCUT2D eigenvalue weighted by atomic mass is 10.2. The predicted molar refractivity (Wildman–Crippen MR) is 90.6 cm³/mol. The first-order chi connectivity index (χ1) is 11.1. The van der Waals surface area contributed by atoms with Crippen LogP contribution in [0.5, 0.6) is 0 Å². The topological polar surface area (TPSA) is 107 Å². The number of nitrogens with two attached hydrogens (primary N) is 1. The number of amides is 1. The van der Waals surface area contributed by atoms with Crippen LogP contribution in [0.2, 0.25) is 0 Å².